The van der Waals surface area contributed by atoms with E-state index in [-0.39, 0.29) is 0 Å². The van der Waals surface area contributed by atoms with Gasteiger partial charge in [-0.2, -0.15) is 4.58 Å². The first-order valence-electron chi connectivity index (χ1n) is 8.43. The Morgan fingerprint density at radius 2 is 1.62 bits per heavy atom. The number of fused-ring (bicyclic) bond motifs is 5. The van der Waals surface area contributed by atoms with Crippen LogP contribution in [0.2, 0.25) is 0 Å². The lowest BCUT2D eigenvalue weighted by Gasteiger charge is -2.26. The van der Waals surface area contributed by atoms with Gasteiger partial charge in [0.1, 0.15) is 0 Å². The molecule has 2 aliphatic rings. The molecule has 0 spiro atoms. The van der Waals surface area contributed by atoms with Crippen LogP contribution in [0.25, 0.3) is 11.1 Å². The van der Waals surface area contributed by atoms with Gasteiger partial charge in [-0.15, -0.1) is 0 Å². The molecule has 0 aromatic heterocycles. The normalized spacial score (nSPS) is 14.7. The van der Waals surface area contributed by atoms with Gasteiger partial charge in [0.25, 0.3) is 0 Å². The molecule has 0 fully saturated rings. The lowest BCUT2D eigenvalue weighted by Crippen LogP contribution is -2.32. The number of benzene rings is 3. The van der Waals surface area contributed by atoms with Crippen LogP contribution in [0.3, 0.4) is 0 Å². The fourth-order valence-corrected chi connectivity index (χ4v) is 4.02. The first-order valence-corrected chi connectivity index (χ1v) is 8.43. The number of rotatable bonds is 1. The Balaban J connectivity index is 1.71. The number of para-hydroxylation sites is 1. The molecule has 0 saturated carbocycles. The third-order valence-corrected chi connectivity index (χ3v) is 5.09. The van der Waals surface area contributed by atoms with Gasteiger partial charge in [-0.25, -0.2) is 0 Å². The largest absolute Gasteiger partial charge is 0.318 e. The van der Waals surface area contributed by atoms with Gasteiger partial charge >= 0.3 is 0 Å². The van der Waals surface area contributed by atoms with E-state index in [9.17, 15) is 0 Å². The quantitative estimate of drug-likeness (QED) is 0.471. The smallest absolute Gasteiger partial charge is 0.224 e. The summed E-state index contributed by atoms with van der Waals surface area (Å²) in [6, 6.07) is 24.0. The van der Waals surface area contributed by atoms with Crippen LogP contribution >= 0.6 is 0 Å². The summed E-state index contributed by atoms with van der Waals surface area (Å²) >= 11 is 0. The maximum Gasteiger partial charge on any atom is 0.224 e. The molecule has 2 nitrogen and oxygen atoms in total. The Kier molecular flexibility index (Phi) is 2.86. The number of hydrogen-bond donors (Lipinski definition) is 0. The predicted octanol–water partition coefficient (Wildman–Crippen LogP) is 4.43. The summed E-state index contributed by atoms with van der Waals surface area (Å²) in [6.45, 7) is 0.871. The molecule has 3 aromatic carbocycles. The highest BCUT2D eigenvalue weighted by Crippen LogP contribution is 2.44. The number of anilines is 1. The van der Waals surface area contributed by atoms with Gasteiger partial charge in [0.05, 0.1) is 11.3 Å². The van der Waals surface area contributed by atoms with E-state index in [0.29, 0.717) is 0 Å². The summed E-state index contributed by atoms with van der Waals surface area (Å²) in [4.78, 5) is 2.38. The molecule has 0 N–H and O–H groups in total. The highest BCUT2D eigenvalue weighted by atomic mass is 15.3. The van der Waals surface area contributed by atoms with Gasteiger partial charge in [0.15, 0.2) is 6.21 Å². The Morgan fingerprint density at radius 3 is 2.50 bits per heavy atom. The van der Waals surface area contributed by atoms with Crippen LogP contribution in [0.5, 0.6) is 0 Å². The molecule has 0 amide bonds. The van der Waals surface area contributed by atoms with Crippen LogP contribution < -0.4 is 4.90 Å². The van der Waals surface area contributed by atoms with Crippen LogP contribution in [-0.2, 0) is 6.42 Å². The average Bonchev–Trinajstić information content (AvgIpc) is 3.01. The molecule has 5 rings (SSSR count). The van der Waals surface area contributed by atoms with Crippen molar-refractivity contribution in [1.29, 1.82) is 0 Å². The van der Waals surface area contributed by atoms with E-state index in [2.05, 4.69) is 89.5 Å². The first kappa shape index (κ1) is 13.6. The fourth-order valence-electron chi connectivity index (χ4n) is 4.02. The van der Waals surface area contributed by atoms with Crippen molar-refractivity contribution in [2.75, 3.05) is 18.6 Å². The van der Waals surface area contributed by atoms with Crippen molar-refractivity contribution < 1.29 is 4.58 Å². The minimum atomic E-state index is 0.871. The third kappa shape index (κ3) is 1.93. The van der Waals surface area contributed by atoms with Crippen LogP contribution in [-0.4, -0.2) is 24.5 Å². The molecule has 1 aliphatic carbocycles. The minimum Gasteiger partial charge on any atom is -0.318 e. The minimum absolute atomic E-state index is 0.871. The zero-order valence-electron chi connectivity index (χ0n) is 13.7. The van der Waals surface area contributed by atoms with Crippen LogP contribution in [0.15, 0.2) is 66.7 Å². The van der Waals surface area contributed by atoms with Crippen molar-refractivity contribution >= 4 is 17.6 Å². The molecule has 0 saturated heterocycles. The first-order chi connectivity index (χ1) is 11.8. The van der Waals surface area contributed by atoms with E-state index in [1.807, 2.05) is 0 Å². The second-order valence-electron chi connectivity index (χ2n) is 6.65. The van der Waals surface area contributed by atoms with Crippen LogP contribution in [0, 0.1) is 0 Å². The topological polar surface area (TPSA) is 6.25 Å². The van der Waals surface area contributed by atoms with Crippen molar-refractivity contribution in [1.82, 2.24) is 0 Å². The molecule has 1 aliphatic heterocycles. The van der Waals surface area contributed by atoms with Crippen molar-refractivity contribution in [2.45, 2.75) is 6.42 Å². The lowest BCUT2D eigenvalue weighted by molar-refractivity contribution is -0.435. The summed E-state index contributed by atoms with van der Waals surface area (Å²) in [5.41, 5.74) is 9.61. The number of hydrogen-bond acceptors (Lipinski definition) is 1. The van der Waals surface area contributed by atoms with E-state index >= 15 is 0 Å². The molecule has 116 valence electrons. The molecule has 1 heterocycles. The van der Waals surface area contributed by atoms with Crippen molar-refractivity contribution in [3.63, 3.8) is 0 Å². The van der Waals surface area contributed by atoms with E-state index < -0.39 is 0 Å². The van der Waals surface area contributed by atoms with Gasteiger partial charge in [-0.3, -0.25) is 0 Å². The predicted molar refractivity (Wildman–Crippen MR) is 99.5 cm³/mol. The molecular formula is C22H19N2+. The Bertz CT molecular complexity index is 971. The summed E-state index contributed by atoms with van der Waals surface area (Å²) in [5, 5.41) is 0. The monoisotopic (exact) mass is 311 g/mol. The Hall–Kier alpha value is -2.87. The maximum absolute atomic E-state index is 2.38. The molecule has 0 radical (unpaired) electrons. The molecule has 0 atom stereocenters. The molecular weight excluding hydrogens is 292 g/mol. The van der Waals surface area contributed by atoms with Gasteiger partial charge in [0, 0.05) is 24.7 Å². The zero-order chi connectivity index (χ0) is 16.1. The van der Waals surface area contributed by atoms with E-state index in [0.717, 1.165) is 13.1 Å². The van der Waals surface area contributed by atoms with E-state index in [4.69, 9.17) is 0 Å². The van der Waals surface area contributed by atoms with E-state index in [1.165, 1.54) is 39.2 Å². The molecule has 2 heteroatoms. The fraction of sp³-hybridized carbons (Fsp3) is 0.136. The Morgan fingerprint density at radius 1 is 0.833 bits per heavy atom. The van der Waals surface area contributed by atoms with Gasteiger partial charge < -0.3 is 4.90 Å². The second-order valence-corrected chi connectivity index (χ2v) is 6.65. The van der Waals surface area contributed by atoms with Crippen molar-refractivity contribution in [2.24, 2.45) is 0 Å². The molecule has 24 heavy (non-hydrogen) atoms. The molecule has 0 unspecified atom stereocenters. The van der Waals surface area contributed by atoms with Gasteiger partial charge in [0.2, 0.25) is 12.4 Å². The SMILES string of the molecule is CN1C[N+](c2ccccc2)=Cc2ccc3c(c21)-c1ccccc1C3. The summed E-state index contributed by atoms with van der Waals surface area (Å²) in [5.74, 6) is 0. The van der Waals surface area contributed by atoms with Crippen LogP contribution in [0.4, 0.5) is 11.4 Å². The van der Waals surface area contributed by atoms with Crippen molar-refractivity contribution in [3.05, 3.63) is 83.4 Å². The Labute approximate surface area is 142 Å². The summed E-state index contributed by atoms with van der Waals surface area (Å²) < 4.78 is 2.32. The lowest BCUT2D eigenvalue weighted by atomic mass is 9.98. The maximum atomic E-state index is 2.38. The average molecular weight is 311 g/mol. The highest BCUT2D eigenvalue weighted by molar-refractivity contribution is 5.98. The summed E-state index contributed by atoms with van der Waals surface area (Å²) in [6.07, 6.45) is 3.33. The van der Waals surface area contributed by atoms with Gasteiger partial charge in [-0.1, -0.05) is 48.5 Å². The van der Waals surface area contributed by atoms with Crippen molar-refractivity contribution in [3.8, 4) is 11.1 Å². The summed E-state index contributed by atoms with van der Waals surface area (Å²) in [7, 11) is 2.20. The zero-order valence-corrected chi connectivity index (χ0v) is 13.7. The highest BCUT2D eigenvalue weighted by Gasteiger charge is 2.29. The molecule has 0 bridgehead atoms. The number of nitrogens with zero attached hydrogens (tertiary/aromatic N) is 2. The second kappa shape index (κ2) is 5.07. The van der Waals surface area contributed by atoms with Crippen LogP contribution in [0.1, 0.15) is 16.7 Å². The van der Waals surface area contributed by atoms with E-state index in [1.54, 1.807) is 0 Å². The molecule has 3 aromatic rings. The standard InChI is InChI=1S/C22H19N2/c1-23-15-24(19-8-3-2-4-9-19)14-18-12-11-17-13-16-7-5-6-10-20(16)21(17)22(18)23/h2-12,14H,13,15H2,1H3/q+1. The third-order valence-electron chi connectivity index (χ3n) is 5.09. The van der Waals surface area contributed by atoms with Gasteiger partial charge in [-0.05, 0) is 29.2 Å².